The fourth-order valence-corrected chi connectivity index (χ4v) is 3.07. The van der Waals surface area contributed by atoms with Gasteiger partial charge in [-0.1, -0.05) is 0 Å². The van der Waals surface area contributed by atoms with Crippen molar-refractivity contribution in [3.05, 3.63) is 48.0 Å². The molecule has 1 aliphatic rings. The molecule has 0 aliphatic carbocycles. The predicted molar refractivity (Wildman–Crippen MR) is 95.1 cm³/mol. The van der Waals surface area contributed by atoms with E-state index in [0.29, 0.717) is 5.75 Å². The first-order valence-electron chi connectivity index (χ1n) is 8.17. The highest BCUT2D eigenvalue weighted by Gasteiger charge is 2.18. The van der Waals surface area contributed by atoms with Gasteiger partial charge in [0.25, 0.3) is 0 Å². The molecular weight excluding hydrogens is 304 g/mol. The Bertz CT molecular complexity index is 665. The average molecular weight is 328 g/mol. The Labute approximate surface area is 143 Å². The second-order valence-electron chi connectivity index (χ2n) is 5.96. The molecule has 2 aromatic rings. The van der Waals surface area contributed by atoms with E-state index in [4.69, 9.17) is 9.47 Å². The van der Waals surface area contributed by atoms with Crippen LogP contribution in [0.2, 0.25) is 0 Å². The third-order valence-corrected chi connectivity index (χ3v) is 4.47. The van der Waals surface area contributed by atoms with Gasteiger partial charge in [-0.25, -0.2) is 0 Å². The highest BCUT2D eigenvalue weighted by atomic mass is 16.5. The van der Waals surface area contributed by atoms with Crippen LogP contribution in [0.4, 0.5) is 5.69 Å². The molecule has 0 atom stereocenters. The lowest BCUT2D eigenvalue weighted by atomic mass is 10.1. The van der Waals surface area contributed by atoms with Crippen LogP contribution in [0.15, 0.2) is 42.5 Å². The van der Waals surface area contributed by atoms with Crippen molar-refractivity contribution in [3.63, 3.8) is 0 Å². The van der Waals surface area contributed by atoms with Gasteiger partial charge in [0.1, 0.15) is 17.2 Å². The maximum atomic E-state index is 9.40. The number of anilines is 1. The summed E-state index contributed by atoms with van der Waals surface area (Å²) >= 11 is 0. The zero-order valence-corrected chi connectivity index (χ0v) is 14.2. The summed E-state index contributed by atoms with van der Waals surface area (Å²) in [4.78, 5) is 4.77. The number of nitrogens with zero attached hydrogens (tertiary/aromatic N) is 2. The van der Waals surface area contributed by atoms with Crippen molar-refractivity contribution in [1.29, 1.82) is 0 Å². The second-order valence-corrected chi connectivity index (χ2v) is 5.96. The van der Waals surface area contributed by atoms with Crippen LogP contribution < -0.4 is 14.4 Å². The second kappa shape index (κ2) is 7.45. The summed E-state index contributed by atoms with van der Waals surface area (Å²) in [6.45, 7) is 4.76. The van der Waals surface area contributed by atoms with E-state index in [0.717, 1.165) is 55.5 Å². The Hall–Kier alpha value is -2.40. The van der Waals surface area contributed by atoms with Crippen molar-refractivity contribution in [3.8, 4) is 17.2 Å². The minimum absolute atomic E-state index is 0.308. The van der Waals surface area contributed by atoms with Gasteiger partial charge in [-0.2, -0.15) is 0 Å². The molecule has 128 valence electrons. The van der Waals surface area contributed by atoms with Crippen LogP contribution in [0.1, 0.15) is 5.56 Å². The van der Waals surface area contributed by atoms with Crippen LogP contribution in [-0.2, 0) is 6.54 Å². The summed E-state index contributed by atoms with van der Waals surface area (Å²) in [5, 5.41) is 9.40. The van der Waals surface area contributed by atoms with Gasteiger partial charge in [-0.15, -0.1) is 0 Å². The molecule has 0 bridgehead atoms. The fourth-order valence-electron chi connectivity index (χ4n) is 3.07. The molecule has 0 spiro atoms. The zero-order chi connectivity index (χ0) is 16.9. The average Bonchev–Trinajstić information content (AvgIpc) is 2.63. The molecule has 5 heteroatoms. The highest BCUT2D eigenvalue weighted by Crippen LogP contribution is 2.26. The van der Waals surface area contributed by atoms with Crippen LogP contribution >= 0.6 is 0 Å². The van der Waals surface area contributed by atoms with Gasteiger partial charge in [0.2, 0.25) is 0 Å². The first kappa shape index (κ1) is 16.5. The topological polar surface area (TPSA) is 45.2 Å². The number of rotatable bonds is 5. The molecule has 0 amide bonds. The van der Waals surface area contributed by atoms with Crippen LogP contribution in [0.3, 0.4) is 0 Å². The van der Waals surface area contributed by atoms with E-state index in [-0.39, 0.29) is 0 Å². The molecule has 0 radical (unpaired) electrons. The Balaban J connectivity index is 1.62. The molecule has 1 saturated heterocycles. The number of phenols is 1. The largest absolute Gasteiger partial charge is 0.508 e. The van der Waals surface area contributed by atoms with Crippen molar-refractivity contribution >= 4 is 5.69 Å². The van der Waals surface area contributed by atoms with E-state index in [1.165, 1.54) is 0 Å². The number of phenolic OH excluding ortho intramolecular Hbond substituents is 1. The molecule has 1 N–H and O–H groups in total. The minimum atomic E-state index is 0.308. The maximum Gasteiger partial charge on any atom is 0.123 e. The van der Waals surface area contributed by atoms with Crippen LogP contribution in [0, 0.1) is 0 Å². The van der Waals surface area contributed by atoms with E-state index in [1.807, 2.05) is 30.3 Å². The molecule has 0 unspecified atom stereocenters. The molecule has 5 nitrogen and oxygen atoms in total. The van der Waals surface area contributed by atoms with E-state index in [9.17, 15) is 5.11 Å². The molecule has 24 heavy (non-hydrogen) atoms. The zero-order valence-electron chi connectivity index (χ0n) is 14.2. The molecule has 1 heterocycles. The number of aromatic hydroxyl groups is 1. The summed E-state index contributed by atoms with van der Waals surface area (Å²) in [6.07, 6.45) is 0. The van der Waals surface area contributed by atoms with Crippen LogP contribution in [0.5, 0.6) is 17.2 Å². The van der Waals surface area contributed by atoms with Gasteiger partial charge >= 0.3 is 0 Å². The first-order valence-corrected chi connectivity index (χ1v) is 8.17. The monoisotopic (exact) mass is 328 g/mol. The third kappa shape index (κ3) is 3.74. The van der Waals surface area contributed by atoms with E-state index in [2.05, 4.69) is 9.80 Å². The summed E-state index contributed by atoms with van der Waals surface area (Å²) in [5.41, 5.74) is 2.31. The van der Waals surface area contributed by atoms with Gasteiger partial charge in [0.15, 0.2) is 0 Å². The first-order chi connectivity index (χ1) is 11.7. The van der Waals surface area contributed by atoms with Crippen molar-refractivity contribution in [2.75, 3.05) is 45.3 Å². The minimum Gasteiger partial charge on any atom is -0.508 e. The normalized spacial score (nSPS) is 15.3. The van der Waals surface area contributed by atoms with Gasteiger partial charge in [-0.05, 0) is 42.5 Å². The smallest absolute Gasteiger partial charge is 0.123 e. The van der Waals surface area contributed by atoms with Gasteiger partial charge in [-0.3, -0.25) is 4.90 Å². The Morgan fingerprint density at radius 1 is 0.917 bits per heavy atom. The van der Waals surface area contributed by atoms with E-state index < -0.39 is 0 Å². The molecule has 2 aromatic carbocycles. The lowest BCUT2D eigenvalue weighted by Gasteiger charge is -2.36. The van der Waals surface area contributed by atoms with Crippen molar-refractivity contribution < 1.29 is 14.6 Å². The van der Waals surface area contributed by atoms with Crippen molar-refractivity contribution in [2.45, 2.75) is 6.54 Å². The molecule has 0 aromatic heterocycles. The third-order valence-electron chi connectivity index (χ3n) is 4.47. The summed E-state index contributed by atoms with van der Waals surface area (Å²) < 4.78 is 10.8. The molecule has 1 aliphatic heterocycles. The van der Waals surface area contributed by atoms with Crippen LogP contribution in [0.25, 0.3) is 0 Å². The Kier molecular flexibility index (Phi) is 5.11. The number of methoxy groups -OCH3 is 2. The molecular formula is C19H24N2O3. The number of ether oxygens (including phenoxy) is 2. The van der Waals surface area contributed by atoms with Crippen molar-refractivity contribution in [2.24, 2.45) is 0 Å². The lowest BCUT2D eigenvalue weighted by molar-refractivity contribution is 0.245. The number of hydrogen-bond acceptors (Lipinski definition) is 5. The Morgan fingerprint density at radius 3 is 2.25 bits per heavy atom. The van der Waals surface area contributed by atoms with E-state index >= 15 is 0 Å². The summed E-state index contributed by atoms with van der Waals surface area (Å²) in [7, 11) is 3.39. The molecule has 3 rings (SSSR count). The number of hydrogen-bond donors (Lipinski definition) is 1. The quantitative estimate of drug-likeness (QED) is 0.914. The van der Waals surface area contributed by atoms with Gasteiger partial charge < -0.3 is 19.5 Å². The summed E-state index contributed by atoms with van der Waals surface area (Å²) in [6, 6.07) is 13.3. The van der Waals surface area contributed by atoms with Crippen molar-refractivity contribution in [1.82, 2.24) is 4.90 Å². The number of piperazine rings is 1. The standard InChI is InChI=1S/C19H24N2O3/c1-23-18-7-8-19(24-2)15(13-18)14-20-9-11-21(12-10-20)16-3-5-17(22)6-4-16/h3-8,13,22H,9-12,14H2,1-2H3. The van der Waals surface area contributed by atoms with E-state index in [1.54, 1.807) is 26.4 Å². The fraction of sp³-hybridized carbons (Fsp3) is 0.368. The number of benzene rings is 2. The van der Waals surface area contributed by atoms with Gasteiger partial charge in [0, 0.05) is 44.0 Å². The molecule has 0 saturated carbocycles. The maximum absolute atomic E-state index is 9.40. The van der Waals surface area contributed by atoms with Gasteiger partial charge in [0.05, 0.1) is 14.2 Å². The predicted octanol–water partition coefficient (Wildman–Crippen LogP) is 2.73. The summed E-state index contributed by atoms with van der Waals surface area (Å²) in [5.74, 6) is 2.06. The van der Waals surface area contributed by atoms with Crippen LogP contribution in [-0.4, -0.2) is 50.4 Å². The Morgan fingerprint density at radius 2 is 1.62 bits per heavy atom. The molecule has 1 fully saturated rings. The lowest BCUT2D eigenvalue weighted by Crippen LogP contribution is -2.46. The highest BCUT2D eigenvalue weighted by molar-refractivity contribution is 5.49. The SMILES string of the molecule is COc1ccc(OC)c(CN2CCN(c3ccc(O)cc3)CC2)c1.